The highest BCUT2D eigenvalue weighted by atomic mass is 32.2. The molecule has 5 nitrogen and oxygen atoms in total. The van der Waals surface area contributed by atoms with Crippen molar-refractivity contribution in [3.63, 3.8) is 0 Å². The Balaban J connectivity index is 1.47. The van der Waals surface area contributed by atoms with E-state index < -0.39 is 6.10 Å². The summed E-state index contributed by atoms with van der Waals surface area (Å²) in [7, 11) is 0. The van der Waals surface area contributed by atoms with Gasteiger partial charge >= 0.3 is 5.97 Å². The molecular formula is C23H28N2O3S. The van der Waals surface area contributed by atoms with E-state index >= 15 is 0 Å². The molecule has 154 valence electrons. The fourth-order valence-electron chi connectivity index (χ4n) is 3.27. The van der Waals surface area contributed by atoms with Crippen LogP contribution in [0.15, 0.2) is 59.5 Å². The summed E-state index contributed by atoms with van der Waals surface area (Å²) in [5, 5.41) is -0.372. The number of carbonyl (C=O) groups excluding carboxylic acids is 2. The van der Waals surface area contributed by atoms with Gasteiger partial charge in [0, 0.05) is 36.8 Å². The number of amides is 1. The molecule has 29 heavy (non-hydrogen) atoms. The summed E-state index contributed by atoms with van der Waals surface area (Å²) in [5.41, 5.74) is 2.34. The summed E-state index contributed by atoms with van der Waals surface area (Å²) in [6.45, 7) is 8.30. The second kappa shape index (κ2) is 9.83. The number of nitrogens with zero attached hydrogens (tertiary/aromatic N) is 2. The lowest BCUT2D eigenvalue weighted by molar-refractivity contribution is -0.158. The molecule has 0 radical (unpaired) electrons. The van der Waals surface area contributed by atoms with Crippen LogP contribution in [0.25, 0.3) is 0 Å². The molecule has 1 aliphatic heterocycles. The highest BCUT2D eigenvalue weighted by molar-refractivity contribution is 8.00. The van der Waals surface area contributed by atoms with Crippen LogP contribution in [0, 0.1) is 6.92 Å². The number of esters is 1. The van der Waals surface area contributed by atoms with Crippen molar-refractivity contribution >= 4 is 29.3 Å². The van der Waals surface area contributed by atoms with Gasteiger partial charge in [0.05, 0.1) is 0 Å². The van der Waals surface area contributed by atoms with Gasteiger partial charge in [-0.1, -0.05) is 35.9 Å². The minimum Gasteiger partial charge on any atom is -0.452 e. The number of benzene rings is 2. The fraction of sp³-hybridized carbons (Fsp3) is 0.391. The van der Waals surface area contributed by atoms with Crippen LogP contribution in [0.4, 0.5) is 5.69 Å². The minimum absolute atomic E-state index is 0.126. The molecule has 1 aliphatic rings. The Morgan fingerprint density at radius 2 is 1.55 bits per heavy atom. The third kappa shape index (κ3) is 5.76. The van der Waals surface area contributed by atoms with Crippen LogP contribution in [0.5, 0.6) is 0 Å². The van der Waals surface area contributed by atoms with Gasteiger partial charge in [0.1, 0.15) is 5.25 Å². The molecule has 1 heterocycles. The molecule has 2 aromatic carbocycles. The Morgan fingerprint density at radius 3 is 2.17 bits per heavy atom. The van der Waals surface area contributed by atoms with Crippen molar-refractivity contribution in [1.29, 1.82) is 0 Å². The molecule has 0 N–H and O–H groups in total. The zero-order valence-corrected chi connectivity index (χ0v) is 18.0. The van der Waals surface area contributed by atoms with Crippen LogP contribution in [-0.4, -0.2) is 54.3 Å². The van der Waals surface area contributed by atoms with Gasteiger partial charge < -0.3 is 14.5 Å². The van der Waals surface area contributed by atoms with E-state index in [-0.39, 0.29) is 17.1 Å². The van der Waals surface area contributed by atoms with Crippen LogP contribution in [-0.2, 0) is 14.3 Å². The van der Waals surface area contributed by atoms with Crippen LogP contribution in [0.1, 0.15) is 19.4 Å². The maximum Gasteiger partial charge on any atom is 0.319 e. The van der Waals surface area contributed by atoms with E-state index in [9.17, 15) is 9.59 Å². The predicted molar refractivity (Wildman–Crippen MR) is 117 cm³/mol. The molecule has 2 atom stereocenters. The van der Waals surface area contributed by atoms with Gasteiger partial charge in [0.15, 0.2) is 6.10 Å². The Bertz CT molecular complexity index is 818. The monoisotopic (exact) mass is 412 g/mol. The lowest BCUT2D eigenvalue weighted by atomic mass is 10.2. The van der Waals surface area contributed by atoms with Crippen molar-refractivity contribution in [3.05, 3.63) is 60.2 Å². The van der Waals surface area contributed by atoms with Gasteiger partial charge in [0.2, 0.25) is 0 Å². The minimum atomic E-state index is -0.771. The first-order valence-corrected chi connectivity index (χ1v) is 10.8. The number of rotatable bonds is 6. The molecule has 2 aromatic rings. The van der Waals surface area contributed by atoms with Gasteiger partial charge in [-0.2, -0.15) is 0 Å². The molecule has 1 saturated heterocycles. The van der Waals surface area contributed by atoms with Gasteiger partial charge in [-0.05, 0) is 45.0 Å². The topological polar surface area (TPSA) is 49.9 Å². The van der Waals surface area contributed by atoms with E-state index in [4.69, 9.17) is 4.74 Å². The third-order valence-corrected chi connectivity index (χ3v) is 6.11. The van der Waals surface area contributed by atoms with Crippen LogP contribution < -0.4 is 4.90 Å². The number of para-hydroxylation sites is 1. The first kappa shape index (κ1) is 21.2. The molecule has 0 aliphatic carbocycles. The molecule has 0 spiro atoms. The van der Waals surface area contributed by atoms with E-state index in [1.165, 1.54) is 23.0 Å². The second-order valence-electron chi connectivity index (χ2n) is 7.30. The summed E-state index contributed by atoms with van der Waals surface area (Å²) >= 11 is 1.44. The zero-order chi connectivity index (χ0) is 20.8. The van der Waals surface area contributed by atoms with E-state index in [1.807, 2.05) is 56.3 Å². The molecule has 0 bridgehead atoms. The Morgan fingerprint density at radius 1 is 0.931 bits per heavy atom. The van der Waals surface area contributed by atoms with Crippen LogP contribution >= 0.6 is 11.8 Å². The van der Waals surface area contributed by atoms with E-state index in [1.54, 1.807) is 11.8 Å². The normalized spacial score (nSPS) is 16.2. The number of ether oxygens (including phenoxy) is 1. The van der Waals surface area contributed by atoms with Crippen molar-refractivity contribution < 1.29 is 14.3 Å². The summed E-state index contributed by atoms with van der Waals surface area (Å²) in [6, 6.07) is 18.2. The molecule has 0 aromatic heterocycles. The van der Waals surface area contributed by atoms with Crippen molar-refractivity contribution in [2.45, 2.75) is 37.0 Å². The summed E-state index contributed by atoms with van der Waals surface area (Å²) in [6.07, 6.45) is -0.771. The number of piperazine rings is 1. The van der Waals surface area contributed by atoms with E-state index in [0.717, 1.165) is 18.0 Å². The van der Waals surface area contributed by atoms with Crippen LogP contribution in [0.3, 0.4) is 0 Å². The molecule has 0 unspecified atom stereocenters. The lowest BCUT2D eigenvalue weighted by Gasteiger charge is -2.37. The summed E-state index contributed by atoms with van der Waals surface area (Å²) in [5.74, 6) is -0.488. The van der Waals surface area contributed by atoms with Gasteiger partial charge in [-0.25, -0.2) is 0 Å². The van der Waals surface area contributed by atoms with Crippen molar-refractivity contribution in [1.82, 2.24) is 4.90 Å². The fourth-order valence-corrected chi connectivity index (χ4v) is 4.12. The maximum absolute atomic E-state index is 12.7. The highest BCUT2D eigenvalue weighted by Gasteiger charge is 2.28. The average molecular weight is 413 g/mol. The van der Waals surface area contributed by atoms with E-state index in [0.29, 0.717) is 13.1 Å². The first-order valence-electron chi connectivity index (χ1n) is 9.96. The summed E-state index contributed by atoms with van der Waals surface area (Å²) in [4.78, 5) is 30.2. The SMILES string of the molecule is Cc1ccc(S[C@@H](C)C(=O)O[C@@H](C)C(=O)N2CCN(c3ccccc3)CC2)cc1. The largest absolute Gasteiger partial charge is 0.452 e. The van der Waals surface area contributed by atoms with Gasteiger partial charge in [0.25, 0.3) is 5.91 Å². The lowest BCUT2D eigenvalue weighted by Crippen LogP contribution is -2.51. The Hall–Kier alpha value is -2.47. The molecular weight excluding hydrogens is 384 g/mol. The number of anilines is 1. The number of aryl methyl sites for hydroxylation is 1. The highest BCUT2D eigenvalue weighted by Crippen LogP contribution is 2.25. The Kier molecular flexibility index (Phi) is 7.20. The predicted octanol–water partition coefficient (Wildman–Crippen LogP) is 3.76. The molecule has 3 rings (SSSR count). The summed E-state index contributed by atoms with van der Waals surface area (Å²) < 4.78 is 5.47. The number of hydrogen-bond donors (Lipinski definition) is 0. The number of hydrogen-bond acceptors (Lipinski definition) is 5. The van der Waals surface area contributed by atoms with Crippen LogP contribution in [0.2, 0.25) is 0 Å². The zero-order valence-electron chi connectivity index (χ0n) is 17.2. The molecule has 6 heteroatoms. The quantitative estimate of drug-likeness (QED) is 0.534. The maximum atomic E-state index is 12.7. The molecule has 0 saturated carbocycles. The van der Waals surface area contributed by atoms with Gasteiger partial charge in [-0.3, -0.25) is 9.59 Å². The van der Waals surface area contributed by atoms with Crippen molar-refractivity contribution in [3.8, 4) is 0 Å². The second-order valence-corrected chi connectivity index (χ2v) is 8.71. The number of carbonyl (C=O) groups is 2. The molecule has 1 fully saturated rings. The van der Waals surface area contributed by atoms with Crippen molar-refractivity contribution in [2.75, 3.05) is 31.1 Å². The number of thioether (sulfide) groups is 1. The third-order valence-electron chi connectivity index (χ3n) is 5.02. The van der Waals surface area contributed by atoms with E-state index in [2.05, 4.69) is 17.0 Å². The van der Waals surface area contributed by atoms with Crippen molar-refractivity contribution in [2.24, 2.45) is 0 Å². The average Bonchev–Trinajstić information content (AvgIpc) is 2.75. The molecule has 1 amide bonds. The Labute approximate surface area is 177 Å². The standard InChI is InChI=1S/C23H28N2O3S/c1-17-9-11-21(12-10-17)29-19(3)23(27)28-18(2)22(26)25-15-13-24(14-16-25)20-7-5-4-6-8-20/h4-12,18-19H,13-16H2,1-3H3/t18-,19-/m0/s1. The smallest absolute Gasteiger partial charge is 0.319 e. The van der Waals surface area contributed by atoms with Gasteiger partial charge in [-0.15, -0.1) is 11.8 Å². The first-order chi connectivity index (χ1) is 13.9.